The lowest BCUT2D eigenvalue weighted by molar-refractivity contribution is 1.14. The Morgan fingerprint density at radius 3 is 3.00 bits per heavy atom. The third-order valence-corrected chi connectivity index (χ3v) is 1.76. The summed E-state index contributed by atoms with van der Waals surface area (Å²) in [6.45, 7) is 0.659. The normalized spacial score (nSPS) is 10.1. The van der Waals surface area contributed by atoms with Crippen LogP contribution in [0.1, 0.15) is 0 Å². The second kappa shape index (κ2) is 8.57. The third-order valence-electron chi connectivity index (χ3n) is 0.782. The van der Waals surface area contributed by atoms with Gasteiger partial charge in [-0.3, -0.25) is 15.5 Å². The Hall–Kier alpha value is -0.530. The van der Waals surface area contributed by atoms with Gasteiger partial charge in [0.25, 0.3) is 0 Å². The highest BCUT2D eigenvalue weighted by molar-refractivity contribution is 8.14. The van der Waals surface area contributed by atoms with E-state index in [-0.39, 0.29) is 5.04 Å². The molecule has 0 aromatic carbocycles. The van der Waals surface area contributed by atoms with E-state index >= 15 is 0 Å². The molecule has 0 aliphatic rings. The van der Waals surface area contributed by atoms with Crippen molar-refractivity contribution in [3.05, 3.63) is 0 Å². The number of nitrogens with one attached hydrogen (secondary N) is 3. The van der Waals surface area contributed by atoms with Crippen LogP contribution in [0, 0.1) is 10.8 Å². The van der Waals surface area contributed by atoms with Crippen molar-refractivity contribution in [1.82, 2.24) is 4.72 Å². The maximum atomic E-state index is 7.03. The zero-order chi connectivity index (χ0) is 9.23. The van der Waals surface area contributed by atoms with Gasteiger partial charge < -0.3 is 10.1 Å². The molecule has 5 nitrogen and oxygen atoms in total. The maximum absolute atomic E-state index is 7.03. The van der Waals surface area contributed by atoms with E-state index < -0.39 is 0 Å². The van der Waals surface area contributed by atoms with Crippen molar-refractivity contribution in [1.29, 1.82) is 10.8 Å². The molecule has 5 N–H and O–H groups in total. The minimum absolute atomic E-state index is 0.148. The van der Waals surface area contributed by atoms with E-state index in [1.165, 1.54) is 18.3 Å². The molecule has 68 valence electrons. The highest BCUT2D eigenvalue weighted by Gasteiger charge is 1.87. The number of rotatable bonds is 6. The fourth-order valence-corrected chi connectivity index (χ4v) is 0.850. The SMILES string of the molecule is N=CC(=N)SNC=NCCSN. The van der Waals surface area contributed by atoms with Crippen LogP contribution in [-0.4, -0.2) is 29.9 Å². The van der Waals surface area contributed by atoms with Gasteiger partial charge in [0.2, 0.25) is 0 Å². The summed E-state index contributed by atoms with van der Waals surface area (Å²) in [5.74, 6) is 0.783. The van der Waals surface area contributed by atoms with Crippen LogP contribution < -0.4 is 9.86 Å². The van der Waals surface area contributed by atoms with Crippen LogP contribution in [0.2, 0.25) is 0 Å². The van der Waals surface area contributed by atoms with Gasteiger partial charge in [-0.1, -0.05) is 11.9 Å². The Morgan fingerprint density at radius 1 is 1.67 bits per heavy atom. The second-order valence-corrected chi connectivity index (χ2v) is 3.26. The molecule has 0 amide bonds. The Kier molecular flexibility index (Phi) is 8.19. The molecule has 0 rings (SSSR count). The first-order chi connectivity index (χ1) is 5.81. The van der Waals surface area contributed by atoms with Crippen molar-refractivity contribution in [2.45, 2.75) is 0 Å². The van der Waals surface area contributed by atoms with Crippen LogP contribution in [0.3, 0.4) is 0 Å². The van der Waals surface area contributed by atoms with E-state index in [9.17, 15) is 0 Å². The summed E-state index contributed by atoms with van der Waals surface area (Å²) in [4.78, 5) is 3.94. The van der Waals surface area contributed by atoms with E-state index in [1.807, 2.05) is 0 Å². The number of hydrogen-bond donors (Lipinski definition) is 4. The van der Waals surface area contributed by atoms with Crippen LogP contribution in [0.25, 0.3) is 0 Å². The van der Waals surface area contributed by atoms with Crippen molar-refractivity contribution in [3.63, 3.8) is 0 Å². The first-order valence-corrected chi connectivity index (χ1v) is 4.99. The number of aliphatic imine (C=N–C) groups is 1. The molecule has 0 radical (unpaired) electrons. The summed E-state index contributed by atoms with van der Waals surface area (Å²) in [6, 6.07) is 0. The Morgan fingerprint density at radius 2 is 2.42 bits per heavy atom. The Balaban J connectivity index is 3.24. The number of nitrogens with two attached hydrogens (primary N) is 1. The first kappa shape index (κ1) is 11.5. The zero-order valence-corrected chi connectivity index (χ0v) is 8.04. The number of hydrogen-bond acceptors (Lipinski definition) is 6. The van der Waals surface area contributed by atoms with Gasteiger partial charge in [0.15, 0.2) is 0 Å². The highest BCUT2D eigenvalue weighted by Crippen LogP contribution is 1.90. The fourth-order valence-electron chi connectivity index (χ4n) is 0.327. The summed E-state index contributed by atoms with van der Waals surface area (Å²) in [5, 5.41) is 19.0. The molecule has 0 bridgehead atoms. The van der Waals surface area contributed by atoms with Gasteiger partial charge in [0, 0.05) is 17.7 Å². The monoisotopic (exact) mass is 205 g/mol. The molecule has 0 unspecified atom stereocenters. The summed E-state index contributed by atoms with van der Waals surface area (Å²) in [5.41, 5.74) is 0. The fraction of sp³-hybridized carbons (Fsp3) is 0.400. The van der Waals surface area contributed by atoms with Crippen molar-refractivity contribution in [2.75, 3.05) is 12.3 Å². The molecule has 0 saturated carbocycles. The van der Waals surface area contributed by atoms with Gasteiger partial charge in [-0.25, -0.2) is 0 Å². The van der Waals surface area contributed by atoms with Crippen molar-refractivity contribution in [2.24, 2.45) is 10.1 Å². The summed E-state index contributed by atoms with van der Waals surface area (Å²) >= 11 is 2.28. The second-order valence-electron chi connectivity index (χ2n) is 1.63. The summed E-state index contributed by atoms with van der Waals surface area (Å²) in [6.07, 6.45) is 2.46. The molecule has 0 aromatic heterocycles. The predicted molar refractivity (Wildman–Crippen MR) is 57.2 cm³/mol. The molecule has 0 aromatic rings. The highest BCUT2D eigenvalue weighted by atomic mass is 32.2. The Labute approximate surface area is 79.9 Å². The molecule has 0 heterocycles. The van der Waals surface area contributed by atoms with Crippen molar-refractivity contribution >= 4 is 41.5 Å². The van der Waals surface area contributed by atoms with Crippen molar-refractivity contribution in [3.8, 4) is 0 Å². The average Bonchev–Trinajstić information content (AvgIpc) is 2.10. The van der Waals surface area contributed by atoms with Gasteiger partial charge in [-0.05, 0) is 0 Å². The lowest BCUT2D eigenvalue weighted by Crippen LogP contribution is -2.06. The predicted octanol–water partition coefficient (Wildman–Crippen LogP) is 0.486. The standard InChI is InChI=1S/C5H11N5S2/c6-3-5(7)12-10-4-9-1-2-11-8/h3-4,6-7H,1-2,8H2,(H,9,10). The van der Waals surface area contributed by atoms with Gasteiger partial charge in [-0.2, -0.15) is 0 Å². The first-order valence-electron chi connectivity index (χ1n) is 3.12. The van der Waals surface area contributed by atoms with E-state index in [0.717, 1.165) is 23.9 Å². The molecule has 7 heteroatoms. The molecule has 12 heavy (non-hydrogen) atoms. The van der Waals surface area contributed by atoms with Crippen LogP contribution >= 0.6 is 23.9 Å². The minimum Gasteiger partial charge on any atom is -0.315 e. The van der Waals surface area contributed by atoms with E-state index in [4.69, 9.17) is 16.0 Å². The molecule has 0 fully saturated rings. The molecule has 0 aliphatic carbocycles. The van der Waals surface area contributed by atoms with Gasteiger partial charge in [0.05, 0.1) is 19.1 Å². The molecule has 0 aliphatic heterocycles. The lowest BCUT2D eigenvalue weighted by Gasteiger charge is -1.94. The summed E-state index contributed by atoms with van der Waals surface area (Å²) < 4.78 is 2.69. The summed E-state index contributed by atoms with van der Waals surface area (Å²) in [7, 11) is 0. The zero-order valence-electron chi connectivity index (χ0n) is 6.41. The Bertz CT molecular complexity index is 169. The van der Waals surface area contributed by atoms with E-state index in [0.29, 0.717) is 6.54 Å². The van der Waals surface area contributed by atoms with Crippen molar-refractivity contribution < 1.29 is 0 Å². The lowest BCUT2D eigenvalue weighted by atomic mass is 10.8. The molecule has 0 spiro atoms. The quantitative estimate of drug-likeness (QED) is 0.219. The van der Waals surface area contributed by atoms with Gasteiger partial charge >= 0.3 is 0 Å². The van der Waals surface area contributed by atoms with E-state index in [1.54, 1.807) is 0 Å². The van der Waals surface area contributed by atoms with Crippen LogP contribution in [0.4, 0.5) is 0 Å². The molecular formula is C5H11N5S2. The third kappa shape index (κ3) is 7.58. The number of nitrogens with zero attached hydrogens (tertiary/aromatic N) is 1. The van der Waals surface area contributed by atoms with Crippen LogP contribution in [0.15, 0.2) is 4.99 Å². The van der Waals surface area contributed by atoms with Crippen LogP contribution in [-0.2, 0) is 0 Å². The molecule has 0 saturated heterocycles. The average molecular weight is 205 g/mol. The maximum Gasteiger partial charge on any atom is 0.126 e. The van der Waals surface area contributed by atoms with Gasteiger partial charge in [-0.15, -0.1) is 0 Å². The largest absolute Gasteiger partial charge is 0.315 e. The molecule has 0 atom stereocenters. The molecular weight excluding hydrogens is 194 g/mol. The smallest absolute Gasteiger partial charge is 0.126 e. The van der Waals surface area contributed by atoms with Gasteiger partial charge in [0.1, 0.15) is 5.04 Å². The minimum atomic E-state index is 0.148. The van der Waals surface area contributed by atoms with Crippen LogP contribution in [0.5, 0.6) is 0 Å². The van der Waals surface area contributed by atoms with E-state index in [2.05, 4.69) is 9.71 Å². The topological polar surface area (TPSA) is 98.1 Å².